The maximum absolute atomic E-state index is 11.4. The molecular formula is C9H11N3O4. The highest BCUT2D eigenvalue weighted by Gasteiger charge is 2.21. The van der Waals surface area contributed by atoms with Crippen molar-refractivity contribution in [1.29, 1.82) is 0 Å². The summed E-state index contributed by atoms with van der Waals surface area (Å²) >= 11 is 0. The molecule has 1 aromatic carbocycles. The van der Waals surface area contributed by atoms with Crippen LogP contribution >= 0.6 is 0 Å². The number of nitrogen functional groups attached to an aromatic ring is 1. The monoisotopic (exact) mass is 225 g/mol. The molecule has 7 nitrogen and oxygen atoms in total. The minimum Gasteiger partial charge on any atom is -0.462 e. The third-order valence-electron chi connectivity index (χ3n) is 1.86. The van der Waals surface area contributed by atoms with E-state index in [9.17, 15) is 14.9 Å². The maximum Gasteiger partial charge on any atom is 0.345 e. The summed E-state index contributed by atoms with van der Waals surface area (Å²) in [6.07, 6.45) is 0. The largest absolute Gasteiger partial charge is 0.462 e. The van der Waals surface area contributed by atoms with Crippen molar-refractivity contribution in [3.05, 3.63) is 33.9 Å². The van der Waals surface area contributed by atoms with Crippen molar-refractivity contribution < 1.29 is 14.5 Å². The second kappa shape index (κ2) is 5.08. The van der Waals surface area contributed by atoms with Crippen LogP contribution in [-0.2, 0) is 4.74 Å². The van der Waals surface area contributed by atoms with Gasteiger partial charge in [-0.05, 0) is 19.1 Å². The molecule has 0 saturated carbocycles. The lowest BCUT2D eigenvalue weighted by molar-refractivity contribution is -0.385. The second-order valence-corrected chi connectivity index (χ2v) is 2.85. The van der Waals surface area contributed by atoms with Gasteiger partial charge in [-0.2, -0.15) is 0 Å². The third-order valence-corrected chi connectivity index (χ3v) is 1.86. The lowest BCUT2D eigenvalue weighted by Gasteiger charge is -2.05. The van der Waals surface area contributed by atoms with Gasteiger partial charge in [0.15, 0.2) is 0 Å². The molecule has 0 aliphatic heterocycles. The molecule has 0 aliphatic carbocycles. The Morgan fingerprint density at radius 1 is 1.62 bits per heavy atom. The number of nitro groups is 1. The van der Waals surface area contributed by atoms with E-state index in [1.807, 2.05) is 0 Å². The highest BCUT2D eigenvalue weighted by atomic mass is 16.6. The summed E-state index contributed by atoms with van der Waals surface area (Å²) in [6, 6.07) is 3.87. The number of esters is 1. The Bertz CT molecular complexity index is 419. The molecule has 0 aliphatic rings. The fraction of sp³-hybridized carbons (Fsp3) is 0.222. The number of benzene rings is 1. The minimum absolute atomic E-state index is 0.123. The zero-order valence-corrected chi connectivity index (χ0v) is 8.60. The number of nitrogens with two attached hydrogens (primary N) is 1. The maximum atomic E-state index is 11.4. The fourth-order valence-electron chi connectivity index (χ4n) is 1.16. The van der Waals surface area contributed by atoms with E-state index in [0.29, 0.717) is 5.69 Å². The molecule has 16 heavy (non-hydrogen) atoms. The van der Waals surface area contributed by atoms with Crippen LogP contribution in [0.3, 0.4) is 0 Å². The number of rotatable bonds is 4. The van der Waals surface area contributed by atoms with Gasteiger partial charge in [-0.1, -0.05) is 0 Å². The number of ether oxygens (including phenoxy) is 1. The van der Waals surface area contributed by atoms with Crippen LogP contribution in [0.1, 0.15) is 17.3 Å². The van der Waals surface area contributed by atoms with Gasteiger partial charge in [-0.25, -0.2) is 4.79 Å². The van der Waals surface area contributed by atoms with Gasteiger partial charge in [0.2, 0.25) is 0 Å². The zero-order chi connectivity index (χ0) is 12.1. The third kappa shape index (κ3) is 2.45. The van der Waals surface area contributed by atoms with Crippen LogP contribution in [0.15, 0.2) is 18.2 Å². The van der Waals surface area contributed by atoms with Crippen molar-refractivity contribution in [2.24, 2.45) is 5.84 Å². The standard InChI is InChI=1S/C9H11N3O4/c1-2-16-9(13)7-5-6(11-10)3-4-8(7)12(14)15/h3-5,11H,2,10H2,1H3. The topological polar surface area (TPSA) is 107 Å². The molecule has 7 heteroatoms. The Labute approximate surface area is 91.3 Å². The van der Waals surface area contributed by atoms with Crippen LogP contribution in [0.4, 0.5) is 11.4 Å². The number of nitrogens with one attached hydrogen (secondary N) is 1. The van der Waals surface area contributed by atoms with Gasteiger partial charge in [-0.15, -0.1) is 0 Å². The molecule has 0 amide bonds. The number of anilines is 1. The molecule has 0 bridgehead atoms. The molecule has 0 spiro atoms. The number of hydrogen-bond donors (Lipinski definition) is 2. The first kappa shape index (κ1) is 11.9. The molecule has 86 valence electrons. The Hall–Kier alpha value is -2.15. The summed E-state index contributed by atoms with van der Waals surface area (Å²) in [5.74, 6) is 4.40. The normalized spacial score (nSPS) is 9.62. The Morgan fingerprint density at radius 3 is 2.81 bits per heavy atom. The summed E-state index contributed by atoms with van der Waals surface area (Å²) < 4.78 is 4.71. The van der Waals surface area contributed by atoms with E-state index in [-0.39, 0.29) is 17.9 Å². The first-order valence-corrected chi connectivity index (χ1v) is 4.52. The van der Waals surface area contributed by atoms with Gasteiger partial charge in [0.1, 0.15) is 5.56 Å². The van der Waals surface area contributed by atoms with Crippen molar-refractivity contribution in [1.82, 2.24) is 0 Å². The summed E-state index contributed by atoms with van der Waals surface area (Å²) in [7, 11) is 0. The van der Waals surface area contributed by atoms with E-state index in [2.05, 4.69) is 5.43 Å². The van der Waals surface area contributed by atoms with Crippen LogP contribution < -0.4 is 11.3 Å². The van der Waals surface area contributed by atoms with E-state index in [4.69, 9.17) is 10.6 Å². The van der Waals surface area contributed by atoms with Crippen LogP contribution in [0.25, 0.3) is 0 Å². The molecular weight excluding hydrogens is 214 g/mol. The molecule has 1 aromatic rings. The highest BCUT2D eigenvalue weighted by Crippen LogP contribution is 2.22. The molecule has 0 unspecified atom stereocenters. The van der Waals surface area contributed by atoms with Crippen molar-refractivity contribution in [3.8, 4) is 0 Å². The van der Waals surface area contributed by atoms with Gasteiger partial charge in [-0.3, -0.25) is 16.0 Å². The van der Waals surface area contributed by atoms with Gasteiger partial charge in [0.25, 0.3) is 5.69 Å². The lowest BCUT2D eigenvalue weighted by Crippen LogP contribution is -2.11. The van der Waals surface area contributed by atoms with Crippen molar-refractivity contribution in [2.75, 3.05) is 12.0 Å². The van der Waals surface area contributed by atoms with E-state index < -0.39 is 10.9 Å². The molecule has 0 atom stereocenters. The molecule has 3 N–H and O–H groups in total. The molecule has 1 rings (SSSR count). The van der Waals surface area contributed by atoms with Gasteiger partial charge < -0.3 is 10.2 Å². The molecule has 0 aromatic heterocycles. The molecule has 0 fully saturated rings. The zero-order valence-electron chi connectivity index (χ0n) is 8.60. The average Bonchev–Trinajstić information content (AvgIpc) is 2.28. The Balaban J connectivity index is 3.20. The molecule has 0 saturated heterocycles. The predicted molar refractivity (Wildman–Crippen MR) is 56.9 cm³/mol. The summed E-state index contributed by atoms with van der Waals surface area (Å²) in [5.41, 5.74) is 2.27. The van der Waals surface area contributed by atoms with Crippen LogP contribution in [0, 0.1) is 10.1 Å². The molecule has 0 heterocycles. The lowest BCUT2D eigenvalue weighted by atomic mass is 10.1. The summed E-state index contributed by atoms with van der Waals surface area (Å²) in [4.78, 5) is 21.5. The second-order valence-electron chi connectivity index (χ2n) is 2.85. The number of nitrogens with zero attached hydrogens (tertiary/aromatic N) is 1. The SMILES string of the molecule is CCOC(=O)c1cc(NN)ccc1[N+](=O)[O-]. The van der Waals surface area contributed by atoms with Crippen molar-refractivity contribution >= 4 is 17.3 Å². The first-order valence-electron chi connectivity index (χ1n) is 4.52. The van der Waals surface area contributed by atoms with Gasteiger partial charge >= 0.3 is 5.97 Å². The van der Waals surface area contributed by atoms with E-state index in [0.717, 1.165) is 0 Å². The predicted octanol–water partition coefficient (Wildman–Crippen LogP) is 1.06. The number of nitro benzene ring substituents is 1. The summed E-state index contributed by atoms with van der Waals surface area (Å²) in [6.45, 7) is 1.77. The smallest absolute Gasteiger partial charge is 0.345 e. The quantitative estimate of drug-likeness (QED) is 0.343. The number of hydrazine groups is 1. The number of carbonyl (C=O) groups excluding carboxylic acids is 1. The van der Waals surface area contributed by atoms with E-state index in [1.54, 1.807) is 6.92 Å². The van der Waals surface area contributed by atoms with Gasteiger partial charge in [0.05, 0.1) is 11.5 Å². The van der Waals surface area contributed by atoms with Crippen LogP contribution in [0.2, 0.25) is 0 Å². The molecule has 0 radical (unpaired) electrons. The van der Waals surface area contributed by atoms with Crippen molar-refractivity contribution in [2.45, 2.75) is 6.92 Å². The average molecular weight is 225 g/mol. The number of carbonyl (C=O) groups is 1. The highest BCUT2D eigenvalue weighted by molar-refractivity contribution is 5.95. The Kier molecular flexibility index (Phi) is 3.78. The van der Waals surface area contributed by atoms with Crippen LogP contribution in [0.5, 0.6) is 0 Å². The minimum atomic E-state index is -0.744. The fourth-order valence-corrected chi connectivity index (χ4v) is 1.16. The van der Waals surface area contributed by atoms with Crippen molar-refractivity contribution in [3.63, 3.8) is 0 Å². The number of hydrogen-bond acceptors (Lipinski definition) is 6. The summed E-state index contributed by atoms with van der Waals surface area (Å²) in [5, 5.41) is 10.7. The first-order chi connectivity index (χ1) is 7.60. The van der Waals surface area contributed by atoms with E-state index >= 15 is 0 Å². The van der Waals surface area contributed by atoms with E-state index in [1.165, 1.54) is 18.2 Å². The van der Waals surface area contributed by atoms with Gasteiger partial charge in [0, 0.05) is 11.8 Å². The Morgan fingerprint density at radius 2 is 2.31 bits per heavy atom. The van der Waals surface area contributed by atoms with Crippen LogP contribution in [-0.4, -0.2) is 17.5 Å².